The van der Waals surface area contributed by atoms with E-state index >= 15 is 0 Å². The van der Waals surface area contributed by atoms with Crippen LogP contribution in [0, 0.1) is 5.82 Å². The van der Waals surface area contributed by atoms with E-state index in [-0.39, 0.29) is 37.7 Å². The molecule has 0 saturated carbocycles. The van der Waals surface area contributed by atoms with Crippen LogP contribution in [0.25, 0.3) is 5.57 Å². The first-order valence-corrected chi connectivity index (χ1v) is 13.7. The van der Waals surface area contributed by atoms with Gasteiger partial charge < -0.3 is 10.5 Å². The Bertz CT molecular complexity index is 1430. The van der Waals surface area contributed by atoms with Crippen molar-refractivity contribution in [1.29, 1.82) is 0 Å². The zero-order valence-electron chi connectivity index (χ0n) is 21.6. The highest BCUT2D eigenvalue weighted by atomic mass is 32.2. The topological polar surface area (TPSA) is 105 Å². The minimum absolute atomic E-state index is 0.0232. The van der Waals surface area contributed by atoms with Crippen LogP contribution < -0.4 is 15.4 Å². The van der Waals surface area contributed by atoms with Gasteiger partial charge in [-0.05, 0) is 49.2 Å². The van der Waals surface area contributed by atoms with Gasteiger partial charge in [0.1, 0.15) is 5.82 Å². The highest BCUT2D eigenvalue weighted by Gasteiger charge is 2.41. The first-order valence-electron chi connectivity index (χ1n) is 11.9. The van der Waals surface area contributed by atoms with Crippen molar-refractivity contribution in [3.8, 4) is 5.75 Å². The molecule has 0 spiro atoms. The van der Waals surface area contributed by atoms with Crippen LogP contribution in [-0.4, -0.2) is 57.5 Å². The van der Waals surface area contributed by atoms with E-state index in [9.17, 15) is 43.9 Å². The Morgan fingerprint density at radius 3 is 2.15 bits per heavy atom. The predicted octanol–water partition coefficient (Wildman–Crippen LogP) is 5.29. The molecular formula is C25H25F7N4O4S. The molecule has 2 N–H and O–H groups in total. The lowest BCUT2D eigenvalue weighted by Gasteiger charge is -2.28. The molecule has 0 aromatic heterocycles. The Morgan fingerprint density at radius 1 is 1.07 bits per heavy atom. The van der Waals surface area contributed by atoms with Gasteiger partial charge in [0.25, 0.3) is 0 Å². The first kappa shape index (κ1) is 31.9. The Labute approximate surface area is 230 Å². The Hall–Kier alpha value is -3.66. The minimum Gasteiger partial charge on any atom is -0.409 e. The summed E-state index contributed by atoms with van der Waals surface area (Å²) in [5, 5.41) is 0. The number of amides is 1. The van der Waals surface area contributed by atoms with Crippen LogP contribution in [0.2, 0.25) is 0 Å². The molecular weight excluding hydrogens is 585 g/mol. The minimum atomic E-state index is -5.39. The van der Waals surface area contributed by atoms with E-state index < -0.39 is 68.3 Å². The standard InChI is InChI=1S/C25H25F7N4O4S/c1-35(19-5-3-17(26)4-6-19)23(37)40-22-20(11-16(24(27,28)29)12-21(22)25(30,31)32)15(13-33)14-34-18-7-9-36(10-8-18)41(2,38)39/h3-6,11-14,18H,7-10,33H2,1-2H3. The average molecular weight is 611 g/mol. The van der Waals surface area contributed by atoms with Gasteiger partial charge in [0, 0.05) is 49.4 Å². The van der Waals surface area contributed by atoms with Crippen molar-refractivity contribution in [3.05, 3.63) is 65.1 Å². The largest absolute Gasteiger partial charge is 0.420 e. The van der Waals surface area contributed by atoms with Crippen LogP contribution in [0.3, 0.4) is 0 Å². The van der Waals surface area contributed by atoms with Crippen molar-refractivity contribution in [1.82, 2.24) is 4.31 Å². The third kappa shape index (κ3) is 7.97. The molecule has 0 unspecified atom stereocenters. The fourth-order valence-electron chi connectivity index (χ4n) is 3.96. The fourth-order valence-corrected chi connectivity index (χ4v) is 4.84. The van der Waals surface area contributed by atoms with Crippen molar-refractivity contribution < 1.29 is 48.7 Å². The van der Waals surface area contributed by atoms with Gasteiger partial charge in [-0.3, -0.25) is 9.89 Å². The predicted molar refractivity (Wildman–Crippen MR) is 137 cm³/mol. The number of halogens is 7. The molecule has 2 aromatic carbocycles. The van der Waals surface area contributed by atoms with E-state index in [0.717, 1.165) is 48.7 Å². The summed E-state index contributed by atoms with van der Waals surface area (Å²) in [4.78, 5) is 17.8. The monoisotopic (exact) mass is 610 g/mol. The molecule has 1 heterocycles. The van der Waals surface area contributed by atoms with E-state index in [1.165, 1.54) is 4.31 Å². The number of carbonyl (C=O) groups excluding carboxylic acids is 1. The van der Waals surface area contributed by atoms with Crippen LogP contribution in [0.4, 0.5) is 41.2 Å². The maximum absolute atomic E-state index is 14.0. The Balaban J connectivity index is 2.05. The molecule has 1 aliphatic heterocycles. The summed E-state index contributed by atoms with van der Waals surface area (Å²) in [5.41, 5.74) is 0.815. The van der Waals surface area contributed by atoms with Gasteiger partial charge in [-0.15, -0.1) is 0 Å². The number of sulfonamides is 1. The summed E-state index contributed by atoms with van der Waals surface area (Å²) >= 11 is 0. The van der Waals surface area contributed by atoms with Crippen LogP contribution >= 0.6 is 0 Å². The Morgan fingerprint density at radius 2 is 1.66 bits per heavy atom. The molecule has 1 aliphatic rings. The Kier molecular flexibility index (Phi) is 9.37. The molecule has 0 bridgehead atoms. The summed E-state index contributed by atoms with van der Waals surface area (Å²) in [6.07, 6.45) is -8.83. The van der Waals surface area contributed by atoms with Crippen LogP contribution in [0.15, 0.2) is 47.6 Å². The van der Waals surface area contributed by atoms with Crippen LogP contribution in [-0.2, 0) is 22.4 Å². The molecule has 1 amide bonds. The van der Waals surface area contributed by atoms with E-state index in [4.69, 9.17) is 10.5 Å². The van der Waals surface area contributed by atoms with Gasteiger partial charge >= 0.3 is 18.4 Å². The molecule has 3 rings (SSSR count). The van der Waals surface area contributed by atoms with Gasteiger partial charge in [-0.25, -0.2) is 21.9 Å². The lowest BCUT2D eigenvalue weighted by molar-refractivity contribution is -0.143. The van der Waals surface area contributed by atoms with Gasteiger partial charge in [0.15, 0.2) is 5.75 Å². The summed E-state index contributed by atoms with van der Waals surface area (Å²) in [5.74, 6) is -1.90. The van der Waals surface area contributed by atoms with Crippen LogP contribution in [0.1, 0.15) is 29.5 Å². The molecule has 0 radical (unpaired) electrons. The summed E-state index contributed by atoms with van der Waals surface area (Å²) in [7, 11) is -2.34. The highest BCUT2D eigenvalue weighted by Crippen LogP contribution is 2.44. The third-order valence-electron chi connectivity index (χ3n) is 6.21. The molecule has 0 atom stereocenters. The van der Waals surface area contributed by atoms with Crippen molar-refractivity contribution in [2.75, 3.05) is 31.3 Å². The number of aliphatic imine (C=N–C) groups is 1. The lowest BCUT2D eigenvalue weighted by atomic mass is 9.98. The normalized spacial score (nSPS) is 16.3. The summed E-state index contributed by atoms with van der Waals surface area (Å²) in [6.45, 7) is 0.228. The lowest BCUT2D eigenvalue weighted by Crippen LogP contribution is -2.38. The maximum Gasteiger partial charge on any atom is 0.420 e. The van der Waals surface area contributed by atoms with E-state index in [1.54, 1.807) is 0 Å². The number of rotatable bonds is 6. The van der Waals surface area contributed by atoms with E-state index in [2.05, 4.69) is 4.99 Å². The molecule has 224 valence electrons. The molecule has 8 nitrogen and oxygen atoms in total. The van der Waals surface area contributed by atoms with E-state index in [1.807, 2.05) is 0 Å². The number of piperidine rings is 1. The maximum atomic E-state index is 14.0. The number of ether oxygens (including phenoxy) is 1. The molecule has 0 aliphatic carbocycles. The summed E-state index contributed by atoms with van der Waals surface area (Å²) < 4.78 is 126. The molecule has 2 aromatic rings. The zero-order chi connectivity index (χ0) is 30.8. The number of carbonyl (C=O) groups is 1. The number of nitrogens with zero attached hydrogens (tertiary/aromatic N) is 3. The fraction of sp³-hybridized carbons (Fsp3) is 0.360. The highest BCUT2D eigenvalue weighted by molar-refractivity contribution is 7.88. The van der Waals surface area contributed by atoms with Gasteiger partial charge in [0.05, 0.1) is 23.4 Å². The van der Waals surface area contributed by atoms with E-state index in [0.29, 0.717) is 12.3 Å². The van der Waals surface area contributed by atoms with Crippen molar-refractivity contribution in [3.63, 3.8) is 0 Å². The number of benzene rings is 2. The second-order valence-corrected chi connectivity index (χ2v) is 11.1. The van der Waals surface area contributed by atoms with Crippen molar-refractivity contribution in [2.45, 2.75) is 31.2 Å². The number of alkyl halides is 6. The zero-order valence-corrected chi connectivity index (χ0v) is 22.4. The average Bonchev–Trinajstić information content (AvgIpc) is 2.88. The molecule has 1 fully saturated rings. The number of hydrogen-bond donors (Lipinski definition) is 1. The smallest absolute Gasteiger partial charge is 0.409 e. The van der Waals surface area contributed by atoms with Crippen LogP contribution in [0.5, 0.6) is 5.75 Å². The van der Waals surface area contributed by atoms with Gasteiger partial charge in [-0.1, -0.05) is 0 Å². The molecule has 16 heteroatoms. The second-order valence-electron chi connectivity index (χ2n) is 9.09. The second kappa shape index (κ2) is 12.1. The summed E-state index contributed by atoms with van der Waals surface area (Å²) in [6, 6.07) is 3.91. The SMILES string of the molecule is CN(C(=O)Oc1c(C(C=NC2CCN(S(C)(=O)=O)CC2)=CN)cc(C(F)(F)F)cc1C(F)(F)F)c1ccc(F)cc1. The quantitative estimate of drug-likeness (QED) is 0.354. The molecule has 41 heavy (non-hydrogen) atoms. The van der Waals surface area contributed by atoms with Gasteiger partial charge in [0.2, 0.25) is 10.0 Å². The number of hydrogen-bond acceptors (Lipinski definition) is 6. The third-order valence-corrected chi connectivity index (χ3v) is 7.51. The number of allylic oxidation sites excluding steroid dienone is 1. The number of nitrogens with two attached hydrogens (primary N) is 1. The van der Waals surface area contributed by atoms with Crippen molar-refractivity contribution in [2.24, 2.45) is 10.7 Å². The van der Waals surface area contributed by atoms with Gasteiger partial charge in [-0.2, -0.15) is 26.3 Å². The first-order chi connectivity index (χ1) is 18.9. The van der Waals surface area contributed by atoms with Crippen molar-refractivity contribution >= 4 is 33.6 Å². The number of anilines is 1. The molecule has 1 saturated heterocycles.